The van der Waals surface area contributed by atoms with Gasteiger partial charge in [0.2, 0.25) is 5.91 Å². The van der Waals surface area contributed by atoms with E-state index >= 15 is 0 Å². The van der Waals surface area contributed by atoms with Crippen LogP contribution in [0.1, 0.15) is 28.4 Å². The van der Waals surface area contributed by atoms with Gasteiger partial charge in [-0.2, -0.15) is 10.4 Å². The first-order chi connectivity index (χ1) is 10.2. The topological polar surface area (TPSA) is 98.8 Å². The lowest BCUT2D eigenvalue weighted by Crippen LogP contribution is -2.12. The molecule has 1 amide bonds. The van der Waals surface area contributed by atoms with Crippen molar-refractivity contribution in [1.82, 2.24) is 15.1 Å². The second-order valence-electron chi connectivity index (χ2n) is 5.19. The van der Waals surface area contributed by atoms with Crippen molar-refractivity contribution in [3.63, 3.8) is 0 Å². The van der Waals surface area contributed by atoms with Crippen LogP contribution in [0, 0.1) is 11.5 Å². The first-order valence-corrected chi connectivity index (χ1v) is 6.77. The molecule has 1 aromatic heterocycles. The summed E-state index contributed by atoms with van der Waals surface area (Å²) in [4.78, 5) is 13.0. The van der Waals surface area contributed by atoms with Crippen LogP contribution >= 0.6 is 0 Å². The van der Waals surface area contributed by atoms with Crippen molar-refractivity contribution < 1.29 is 4.79 Å². The average molecular weight is 281 g/mol. The van der Waals surface area contributed by atoms with E-state index in [4.69, 9.17) is 11.0 Å². The van der Waals surface area contributed by atoms with Crippen LogP contribution in [0.25, 0.3) is 11.3 Å². The molecule has 6 heteroatoms. The number of nitrogens with two attached hydrogens (primary N) is 1. The number of amides is 1. The number of aromatic nitrogens is 2. The third-order valence-corrected chi connectivity index (χ3v) is 3.81. The number of benzene rings is 1. The molecule has 3 N–H and O–H groups in total. The van der Waals surface area contributed by atoms with E-state index < -0.39 is 5.91 Å². The number of likely N-dealkylation sites (tertiary alicyclic amines) is 1. The fraction of sp³-hybridized carbons (Fsp3) is 0.267. The van der Waals surface area contributed by atoms with Gasteiger partial charge in [-0.1, -0.05) is 12.1 Å². The van der Waals surface area contributed by atoms with Gasteiger partial charge in [0.25, 0.3) is 0 Å². The molecule has 0 bridgehead atoms. The Morgan fingerprint density at radius 1 is 1.48 bits per heavy atom. The molecule has 1 unspecified atom stereocenters. The third kappa shape index (κ3) is 2.58. The van der Waals surface area contributed by atoms with E-state index in [0.29, 0.717) is 11.5 Å². The summed E-state index contributed by atoms with van der Waals surface area (Å²) in [6, 6.07) is 9.07. The molecule has 1 aromatic carbocycles. The van der Waals surface area contributed by atoms with Gasteiger partial charge >= 0.3 is 0 Å². The van der Waals surface area contributed by atoms with Crippen molar-refractivity contribution >= 4 is 5.91 Å². The van der Waals surface area contributed by atoms with Crippen LogP contribution in [-0.2, 0) is 0 Å². The standard InChI is InChI=1S/C15H15N5O/c16-9-20-5-4-12(8-20)14-7-13(18-19-14)10-2-1-3-11(6-10)15(17)21/h1-3,6-7,12H,4-5,8H2,(H2,17,21)(H,18,19). The second kappa shape index (κ2) is 5.29. The zero-order valence-corrected chi connectivity index (χ0v) is 11.4. The maximum absolute atomic E-state index is 11.2. The predicted octanol–water partition coefficient (Wildman–Crippen LogP) is 1.45. The van der Waals surface area contributed by atoms with E-state index in [9.17, 15) is 4.79 Å². The number of rotatable bonds is 3. The molecule has 1 fully saturated rings. The van der Waals surface area contributed by atoms with Crippen LogP contribution in [0.2, 0.25) is 0 Å². The highest BCUT2D eigenvalue weighted by Gasteiger charge is 2.24. The molecule has 0 saturated carbocycles. The Bertz CT molecular complexity index is 715. The Hall–Kier alpha value is -2.81. The van der Waals surface area contributed by atoms with Crippen molar-refractivity contribution in [3.05, 3.63) is 41.6 Å². The van der Waals surface area contributed by atoms with Crippen molar-refractivity contribution in [3.8, 4) is 17.5 Å². The monoisotopic (exact) mass is 281 g/mol. The fourth-order valence-corrected chi connectivity index (χ4v) is 2.63. The van der Waals surface area contributed by atoms with E-state index in [2.05, 4.69) is 16.4 Å². The van der Waals surface area contributed by atoms with Crippen molar-refractivity contribution in [2.45, 2.75) is 12.3 Å². The summed E-state index contributed by atoms with van der Waals surface area (Å²) in [6.07, 6.45) is 3.11. The number of carbonyl (C=O) groups is 1. The van der Waals surface area contributed by atoms with Crippen LogP contribution in [0.3, 0.4) is 0 Å². The van der Waals surface area contributed by atoms with Gasteiger partial charge in [0.05, 0.1) is 5.69 Å². The van der Waals surface area contributed by atoms with Gasteiger partial charge in [0.15, 0.2) is 6.19 Å². The Balaban J connectivity index is 1.84. The van der Waals surface area contributed by atoms with Crippen LogP contribution in [0.5, 0.6) is 0 Å². The molecule has 106 valence electrons. The summed E-state index contributed by atoms with van der Waals surface area (Å²) in [5, 5.41) is 16.2. The molecular weight excluding hydrogens is 266 g/mol. The Morgan fingerprint density at radius 3 is 3.05 bits per heavy atom. The number of hydrogen-bond acceptors (Lipinski definition) is 4. The molecule has 1 saturated heterocycles. The molecule has 0 radical (unpaired) electrons. The molecule has 6 nitrogen and oxygen atoms in total. The molecule has 2 aromatic rings. The zero-order valence-electron chi connectivity index (χ0n) is 11.4. The van der Waals surface area contributed by atoms with Gasteiger partial charge in [-0.05, 0) is 24.6 Å². The summed E-state index contributed by atoms with van der Waals surface area (Å²) in [5.74, 6) is -0.154. The van der Waals surface area contributed by atoms with E-state index in [-0.39, 0.29) is 0 Å². The minimum absolute atomic E-state index is 0.297. The first-order valence-electron chi connectivity index (χ1n) is 6.77. The average Bonchev–Trinajstić information content (AvgIpc) is 3.16. The molecule has 21 heavy (non-hydrogen) atoms. The molecule has 0 aliphatic carbocycles. The van der Waals surface area contributed by atoms with Gasteiger partial charge in [0, 0.05) is 35.8 Å². The van der Waals surface area contributed by atoms with E-state index in [1.807, 2.05) is 12.1 Å². The van der Waals surface area contributed by atoms with Crippen LogP contribution < -0.4 is 5.73 Å². The summed E-state index contributed by atoms with van der Waals surface area (Å²) < 4.78 is 0. The normalized spacial score (nSPS) is 17.7. The summed E-state index contributed by atoms with van der Waals surface area (Å²) >= 11 is 0. The largest absolute Gasteiger partial charge is 0.366 e. The summed E-state index contributed by atoms with van der Waals surface area (Å²) in [6.45, 7) is 1.51. The number of nitriles is 1. The molecule has 2 heterocycles. The second-order valence-corrected chi connectivity index (χ2v) is 5.19. The van der Waals surface area contributed by atoms with Crippen LogP contribution in [-0.4, -0.2) is 34.1 Å². The molecule has 1 aliphatic rings. The zero-order chi connectivity index (χ0) is 14.8. The lowest BCUT2D eigenvalue weighted by atomic mass is 10.0. The molecule has 3 rings (SSSR count). The smallest absolute Gasteiger partial charge is 0.248 e. The Labute approximate surface area is 122 Å². The van der Waals surface area contributed by atoms with E-state index in [1.54, 1.807) is 23.1 Å². The molecule has 1 aliphatic heterocycles. The van der Waals surface area contributed by atoms with Crippen LogP contribution in [0.4, 0.5) is 0 Å². The number of nitrogens with one attached hydrogen (secondary N) is 1. The molecule has 0 spiro atoms. The third-order valence-electron chi connectivity index (χ3n) is 3.81. The quantitative estimate of drug-likeness (QED) is 0.832. The Morgan fingerprint density at radius 2 is 2.33 bits per heavy atom. The number of aromatic amines is 1. The SMILES string of the molecule is N#CN1CCC(c2cc(-c3cccc(C(N)=O)c3)n[nH]2)C1. The summed E-state index contributed by atoms with van der Waals surface area (Å²) in [7, 11) is 0. The highest BCUT2D eigenvalue weighted by Crippen LogP contribution is 2.28. The predicted molar refractivity (Wildman–Crippen MR) is 77.1 cm³/mol. The lowest BCUT2D eigenvalue weighted by molar-refractivity contribution is 0.100. The maximum atomic E-state index is 11.2. The van der Waals surface area contributed by atoms with Crippen molar-refractivity contribution in [1.29, 1.82) is 5.26 Å². The van der Waals surface area contributed by atoms with E-state index in [0.717, 1.165) is 36.5 Å². The van der Waals surface area contributed by atoms with Crippen molar-refractivity contribution in [2.24, 2.45) is 5.73 Å². The van der Waals surface area contributed by atoms with Crippen molar-refractivity contribution in [2.75, 3.05) is 13.1 Å². The number of H-pyrrole nitrogens is 1. The van der Waals surface area contributed by atoms with Gasteiger partial charge < -0.3 is 10.6 Å². The van der Waals surface area contributed by atoms with Gasteiger partial charge in [-0.3, -0.25) is 9.89 Å². The van der Waals surface area contributed by atoms with Crippen LogP contribution in [0.15, 0.2) is 30.3 Å². The molecular formula is C15H15N5O. The highest BCUT2D eigenvalue weighted by atomic mass is 16.1. The lowest BCUT2D eigenvalue weighted by Gasteiger charge is -2.06. The fourth-order valence-electron chi connectivity index (χ4n) is 2.63. The number of hydrogen-bond donors (Lipinski definition) is 2. The summed E-state index contributed by atoms with van der Waals surface area (Å²) in [5.41, 5.74) is 8.41. The Kier molecular flexibility index (Phi) is 3.32. The van der Waals surface area contributed by atoms with Gasteiger partial charge in [-0.15, -0.1) is 0 Å². The number of primary amides is 1. The van der Waals surface area contributed by atoms with E-state index in [1.165, 1.54) is 0 Å². The number of nitrogens with zero attached hydrogens (tertiary/aromatic N) is 3. The van der Waals surface area contributed by atoms with Gasteiger partial charge in [0.1, 0.15) is 0 Å². The first kappa shape index (κ1) is 13.2. The number of carbonyl (C=O) groups excluding carboxylic acids is 1. The minimum Gasteiger partial charge on any atom is -0.366 e. The molecule has 1 atom stereocenters. The maximum Gasteiger partial charge on any atom is 0.248 e. The van der Waals surface area contributed by atoms with Gasteiger partial charge in [-0.25, -0.2) is 0 Å². The highest BCUT2D eigenvalue weighted by molar-refractivity contribution is 5.93. The minimum atomic E-state index is -0.451.